The summed E-state index contributed by atoms with van der Waals surface area (Å²) in [6.07, 6.45) is 0. The van der Waals surface area contributed by atoms with E-state index in [9.17, 15) is 18.1 Å². The summed E-state index contributed by atoms with van der Waals surface area (Å²) in [4.78, 5) is 0. The molecule has 0 aliphatic heterocycles. The molecule has 0 spiro atoms. The summed E-state index contributed by atoms with van der Waals surface area (Å²) in [6.45, 7) is 3.97. The van der Waals surface area contributed by atoms with Gasteiger partial charge >= 0.3 is 0 Å². The number of hydrogen-bond acceptors (Lipinski definition) is 4. The number of benzene rings is 2. The highest BCUT2D eigenvalue weighted by atomic mass is 32.2. The van der Waals surface area contributed by atoms with Gasteiger partial charge in [0, 0.05) is 23.6 Å². The first kappa shape index (κ1) is 19.7. The second-order valence-electron chi connectivity index (χ2n) is 6.16. The number of anilines is 1. The van der Waals surface area contributed by atoms with Crippen molar-refractivity contribution in [1.82, 2.24) is 4.57 Å². The van der Waals surface area contributed by atoms with Crippen molar-refractivity contribution in [3.63, 3.8) is 0 Å². The van der Waals surface area contributed by atoms with E-state index in [4.69, 9.17) is 4.74 Å². The third kappa shape index (κ3) is 3.41. The molecular formula is C20H20FN3O3S. The van der Waals surface area contributed by atoms with Gasteiger partial charge in [0.15, 0.2) is 0 Å². The summed E-state index contributed by atoms with van der Waals surface area (Å²) >= 11 is 0. The van der Waals surface area contributed by atoms with E-state index in [2.05, 4.69) is 10.8 Å². The van der Waals surface area contributed by atoms with Gasteiger partial charge in [-0.15, -0.1) is 0 Å². The number of rotatable bonds is 6. The van der Waals surface area contributed by atoms with Gasteiger partial charge in [0.25, 0.3) is 0 Å². The first-order valence-electron chi connectivity index (χ1n) is 8.75. The molecule has 2 aromatic carbocycles. The first-order valence-corrected chi connectivity index (χ1v) is 10.4. The van der Waals surface area contributed by atoms with E-state index in [1.807, 2.05) is 23.6 Å². The van der Waals surface area contributed by atoms with E-state index >= 15 is 0 Å². The van der Waals surface area contributed by atoms with Gasteiger partial charge in [-0.05, 0) is 38.1 Å². The Morgan fingerprint density at radius 1 is 1.21 bits per heavy atom. The van der Waals surface area contributed by atoms with Crippen LogP contribution in [0.25, 0.3) is 22.2 Å². The van der Waals surface area contributed by atoms with Crippen LogP contribution in [0, 0.1) is 17.1 Å². The summed E-state index contributed by atoms with van der Waals surface area (Å²) in [5.41, 5.74) is 2.19. The Hall–Kier alpha value is -3.05. The molecule has 0 aliphatic carbocycles. The van der Waals surface area contributed by atoms with E-state index in [1.54, 1.807) is 19.2 Å². The minimum absolute atomic E-state index is 0.120. The lowest BCUT2D eigenvalue weighted by molar-refractivity contribution is 0.415. The number of aryl methyl sites for hydroxylation is 1. The average Bonchev–Trinajstić information content (AvgIpc) is 3.01. The minimum Gasteiger partial charge on any atom is -0.497 e. The molecule has 28 heavy (non-hydrogen) atoms. The Morgan fingerprint density at radius 3 is 2.54 bits per heavy atom. The number of ether oxygens (including phenoxy) is 1. The molecule has 0 saturated heterocycles. The fraction of sp³-hybridized carbons (Fsp3) is 0.250. The Bertz CT molecular complexity index is 1190. The zero-order valence-corrected chi connectivity index (χ0v) is 16.6. The maximum Gasteiger partial charge on any atom is 0.232 e. The molecule has 3 rings (SSSR count). The lowest BCUT2D eigenvalue weighted by Gasteiger charge is -2.12. The van der Waals surface area contributed by atoms with Gasteiger partial charge in [0.1, 0.15) is 17.6 Å². The van der Waals surface area contributed by atoms with Crippen LogP contribution in [0.4, 0.5) is 10.1 Å². The second kappa shape index (κ2) is 7.52. The largest absolute Gasteiger partial charge is 0.497 e. The maximum atomic E-state index is 14.6. The van der Waals surface area contributed by atoms with Crippen molar-refractivity contribution < 1.29 is 17.5 Å². The molecule has 0 aliphatic rings. The highest BCUT2D eigenvalue weighted by molar-refractivity contribution is 7.92. The number of aromatic nitrogens is 1. The van der Waals surface area contributed by atoms with Gasteiger partial charge in [-0.1, -0.05) is 6.07 Å². The third-order valence-corrected chi connectivity index (χ3v) is 5.88. The lowest BCUT2D eigenvalue weighted by atomic mass is 10.1. The molecule has 8 heteroatoms. The molecule has 0 bridgehead atoms. The molecule has 6 nitrogen and oxygen atoms in total. The lowest BCUT2D eigenvalue weighted by Crippen LogP contribution is -2.15. The summed E-state index contributed by atoms with van der Waals surface area (Å²) < 4.78 is 47.5. The fourth-order valence-corrected chi connectivity index (χ4v) is 3.83. The van der Waals surface area contributed by atoms with Gasteiger partial charge in [0.05, 0.1) is 35.3 Å². The highest BCUT2D eigenvalue weighted by Crippen LogP contribution is 2.36. The van der Waals surface area contributed by atoms with Crippen LogP contribution in [0.5, 0.6) is 5.75 Å². The van der Waals surface area contributed by atoms with Gasteiger partial charge in [0.2, 0.25) is 10.0 Å². The van der Waals surface area contributed by atoms with Crippen molar-refractivity contribution in [1.29, 1.82) is 5.26 Å². The Balaban J connectivity index is 2.21. The van der Waals surface area contributed by atoms with Crippen LogP contribution in [0.1, 0.15) is 19.4 Å². The van der Waals surface area contributed by atoms with Gasteiger partial charge in [-0.2, -0.15) is 5.26 Å². The second-order valence-corrected chi connectivity index (χ2v) is 8.17. The summed E-state index contributed by atoms with van der Waals surface area (Å²) in [6, 6.07) is 11.9. The quantitative estimate of drug-likeness (QED) is 0.674. The predicted octanol–water partition coefficient (Wildman–Crippen LogP) is 4.11. The van der Waals surface area contributed by atoms with E-state index in [0.29, 0.717) is 29.1 Å². The molecule has 0 unspecified atom stereocenters. The van der Waals surface area contributed by atoms with Crippen molar-refractivity contribution in [2.75, 3.05) is 17.6 Å². The van der Waals surface area contributed by atoms with Crippen molar-refractivity contribution in [3.8, 4) is 23.1 Å². The van der Waals surface area contributed by atoms with E-state index < -0.39 is 15.8 Å². The zero-order chi connectivity index (χ0) is 20.5. The molecule has 0 radical (unpaired) electrons. The van der Waals surface area contributed by atoms with Crippen LogP contribution in [-0.2, 0) is 16.6 Å². The number of fused-ring (bicyclic) bond motifs is 1. The average molecular weight is 401 g/mol. The summed E-state index contributed by atoms with van der Waals surface area (Å²) in [5, 5.41) is 10.5. The topological polar surface area (TPSA) is 84.1 Å². The fourth-order valence-electron chi connectivity index (χ4n) is 3.18. The summed E-state index contributed by atoms with van der Waals surface area (Å²) in [5.74, 6) is -0.200. The number of halogens is 1. The minimum atomic E-state index is -3.59. The monoisotopic (exact) mass is 401 g/mol. The third-order valence-electron chi connectivity index (χ3n) is 4.59. The molecule has 0 atom stereocenters. The first-order chi connectivity index (χ1) is 13.3. The number of nitrogens with zero attached hydrogens (tertiary/aromatic N) is 2. The predicted molar refractivity (Wildman–Crippen MR) is 107 cm³/mol. The molecule has 146 valence electrons. The van der Waals surface area contributed by atoms with Gasteiger partial charge < -0.3 is 9.30 Å². The standard InChI is InChI=1S/C20H20FN3O3S/c1-4-24-19-11-14(27-3)7-8-15(19)16(12-22)20(24)13-6-9-18(17(21)10-13)23-28(25,26)5-2/h6-11,23H,4-5H2,1-3H3. The summed E-state index contributed by atoms with van der Waals surface area (Å²) in [7, 11) is -2.02. The number of nitrogens with one attached hydrogen (secondary N) is 1. The van der Waals surface area contributed by atoms with E-state index in [0.717, 1.165) is 10.9 Å². The smallest absolute Gasteiger partial charge is 0.232 e. The van der Waals surface area contributed by atoms with Crippen molar-refractivity contribution >= 4 is 26.6 Å². The molecule has 0 fully saturated rings. The van der Waals surface area contributed by atoms with E-state index in [1.165, 1.54) is 19.1 Å². The Kier molecular flexibility index (Phi) is 5.29. The SMILES string of the molecule is CCn1c(-c2ccc(NS(=O)(=O)CC)c(F)c2)c(C#N)c2ccc(OC)cc21. The van der Waals surface area contributed by atoms with E-state index in [-0.39, 0.29) is 11.4 Å². The maximum absolute atomic E-state index is 14.6. The molecule has 3 aromatic rings. The van der Waals surface area contributed by atoms with Crippen molar-refractivity contribution in [2.24, 2.45) is 0 Å². The van der Waals surface area contributed by atoms with Crippen LogP contribution in [0.15, 0.2) is 36.4 Å². The molecule has 1 aromatic heterocycles. The highest BCUT2D eigenvalue weighted by Gasteiger charge is 2.20. The van der Waals surface area contributed by atoms with Crippen LogP contribution in [-0.4, -0.2) is 25.8 Å². The van der Waals surface area contributed by atoms with Crippen LogP contribution in [0.3, 0.4) is 0 Å². The number of hydrogen-bond donors (Lipinski definition) is 1. The number of nitriles is 1. The van der Waals surface area contributed by atoms with Gasteiger partial charge in [-0.25, -0.2) is 12.8 Å². The van der Waals surface area contributed by atoms with Crippen molar-refractivity contribution in [2.45, 2.75) is 20.4 Å². The molecular weight excluding hydrogens is 381 g/mol. The Labute approximate surface area is 163 Å². The van der Waals surface area contributed by atoms with Crippen LogP contribution >= 0.6 is 0 Å². The number of methoxy groups -OCH3 is 1. The van der Waals surface area contributed by atoms with Crippen molar-refractivity contribution in [3.05, 3.63) is 47.8 Å². The number of sulfonamides is 1. The van der Waals surface area contributed by atoms with Gasteiger partial charge in [-0.3, -0.25) is 4.72 Å². The Morgan fingerprint density at radius 2 is 1.96 bits per heavy atom. The van der Waals surface area contributed by atoms with Crippen LogP contribution < -0.4 is 9.46 Å². The zero-order valence-electron chi connectivity index (χ0n) is 15.8. The molecule has 1 heterocycles. The molecule has 0 saturated carbocycles. The normalized spacial score (nSPS) is 11.4. The molecule has 0 amide bonds. The van der Waals surface area contributed by atoms with Crippen LogP contribution in [0.2, 0.25) is 0 Å². The molecule has 1 N–H and O–H groups in total.